The molecule has 0 N–H and O–H groups in total. The largest absolute Gasteiger partial charge is 0.465 e. The SMILES string of the molecule is COC(=O)c1ccc2oc(=O)c(S(=O)(=O)c3ccccc3)cc2c1. The highest BCUT2D eigenvalue weighted by Gasteiger charge is 2.23. The summed E-state index contributed by atoms with van der Waals surface area (Å²) in [6.45, 7) is 0. The van der Waals surface area contributed by atoms with Crippen molar-refractivity contribution in [1.29, 1.82) is 0 Å². The van der Waals surface area contributed by atoms with Gasteiger partial charge in [-0.25, -0.2) is 18.0 Å². The van der Waals surface area contributed by atoms with Gasteiger partial charge in [0.2, 0.25) is 9.84 Å². The number of esters is 1. The van der Waals surface area contributed by atoms with E-state index in [0.717, 1.165) is 0 Å². The van der Waals surface area contributed by atoms with Crippen LogP contribution in [0.15, 0.2) is 73.6 Å². The first-order valence-corrected chi connectivity index (χ1v) is 8.38. The molecule has 0 bridgehead atoms. The lowest BCUT2D eigenvalue weighted by Crippen LogP contribution is -2.14. The molecule has 0 aliphatic rings. The molecule has 0 radical (unpaired) electrons. The Morgan fingerprint density at radius 1 is 1.04 bits per heavy atom. The van der Waals surface area contributed by atoms with E-state index < -0.39 is 26.3 Å². The maximum atomic E-state index is 12.6. The van der Waals surface area contributed by atoms with Gasteiger partial charge in [0.15, 0.2) is 4.90 Å². The average molecular weight is 344 g/mol. The van der Waals surface area contributed by atoms with Gasteiger partial charge >= 0.3 is 11.6 Å². The molecule has 0 saturated carbocycles. The van der Waals surface area contributed by atoms with Crippen LogP contribution in [0.5, 0.6) is 0 Å². The number of benzene rings is 2. The lowest BCUT2D eigenvalue weighted by atomic mass is 10.1. The van der Waals surface area contributed by atoms with Gasteiger partial charge in [0.25, 0.3) is 0 Å². The van der Waals surface area contributed by atoms with Gasteiger partial charge in [-0.3, -0.25) is 0 Å². The number of sulfone groups is 1. The molecule has 0 aliphatic carbocycles. The Balaban J connectivity index is 2.23. The third-order valence-electron chi connectivity index (χ3n) is 3.46. The highest BCUT2D eigenvalue weighted by molar-refractivity contribution is 7.91. The smallest absolute Gasteiger partial charge is 0.355 e. The first kappa shape index (κ1) is 15.9. The zero-order valence-corrected chi connectivity index (χ0v) is 13.4. The number of methoxy groups -OCH3 is 1. The molecule has 6 nitrogen and oxygen atoms in total. The van der Waals surface area contributed by atoms with E-state index in [9.17, 15) is 18.0 Å². The molecule has 0 atom stereocenters. The van der Waals surface area contributed by atoms with E-state index in [4.69, 9.17) is 4.42 Å². The number of carbonyl (C=O) groups excluding carboxylic acids is 1. The van der Waals surface area contributed by atoms with Crippen LogP contribution in [-0.4, -0.2) is 21.5 Å². The fraction of sp³-hybridized carbons (Fsp3) is 0.0588. The van der Waals surface area contributed by atoms with Crippen LogP contribution in [0.25, 0.3) is 11.0 Å². The predicted octanol–water partition coefficient (Wildman–Crippen LogP) is 2.41. The molecule has 7 heteroatoms. The molecule has 24 heavy (non-hydrogen) atoms. The number of hydrogen-bond acceptors (Lipinski definition) is 6. The van der Waals surface area contributed by atoms with Gasteiger partial charge in [-0.15, -0.1) is 0 Å². The van der Waals surface area contributed by atoms with Gasteiger partial charge < -0.3 is 9.15 Å². The molecule has 0 saturated heterocycles. The minimum Gasteiger partial charge on any atom is -0.465 e. The Morgan fingerprint density at radius 3 is 2.42 bits per heavy atom. The molecule has 0 unspecified atom stereocenters. The Bertz CT molecular complexity index is 1080. The van der Waals surface area contributed by atoms with Crippen molar-refractivity contribution in [1.82, 2.24) is 0 Å². The van der Waals surface area contributed by atoms with Crippen molar-refractivity contribution in [3.05, 3.63) is 70.6 Å². The maximum absolute atomic E-state index is 12.6. The van der Waals surface area contributed by atoms with Gasteiger partial charge in [-0.2, -0.15) is 0 Å². The van der Waals surface area contributed by atoms with E-state index >= 15 is 0 Å². The molecule has 1 aromatic heterocycles. The second kappa shape index (κ2) is 5.93. The topological polar surface area (TPSA) is 90.7 Å². The van der Waals surface area contributed by atoms with Gasteiger partial charge in [-0.1, -0.05) is 18.2 Å². The number of hydrogen-bond donors (Lipinski definition) is 0. The summed E-state index contributed by atoms with van der Waals surface area (Å²) < 4.78 is 35.0. The van der Waals surface area contributed by atoms with E-state index in [1.165, 1.54) is 43.5 Å². The molecule has 0 fully saturated rings. The molecule has 122 valence electrons. The average Bonchev–Trinajstić information content (AvgIpc) is 2.60. The summed E-state index contributed by atoms with van der Waals surface area (Å²) in [6, 6.07) is 13.0. The van der Waals surface area contributed by atoms with Crippen molar-refractivity contribution in [2.24, 2.45) is 0 Å². The second-order valence-electron chi connectivity index (χ2n) is 4.96. The van der Waals surface area contributed by atoms with E-state index in [-0.39, 0.29) is 16.0 Å². The summed E-state index contributed by atoms with van der Waals surface area (Å²) in [5.74, 6) is -0.574. The van der Waals surface area contributed by atoms with Crippen molar-refractivity contribution in [2.75, 3.05) is 7.11 Å². The van der Waals surface area contributed by atoms with Gasteiger partial charge in [-0.05, 0) is 36.4 Å². The minimum absolute atomic E-state index is 0.0132. The molecule has 3 rings (SSSR count). The van der Waals surface area contributed by atoms with Gasteiger partial charge in [0, 0.05) is 5.39 Å². The Morgan fingerprint density at radius 2 is 1.75 bits per heavy atom. The first-order valence-electron chi connectivity index (χ1n) is 6.90. The summed E-state index contributed by atoms with van der Waals surface area (Å²) >= 11 is 0. The van der Waals surface area contributed by atoms with Crippen LogP contribution in [0.2, 0.25) is 0 Å². The molecule has 2 aromatic carbocycles. The normalized spacial score (nSPS) is 11.4. The Labute approximate surface area is 137 Å². The Hall–Kier alpha value is -2.93. The number of rotatable bonds is 3. The van der Waals surface area contributed by atoms with E-state index in [2.05, 4.69) is 4.74 Å². The van der Waals surface area contributed by atoms with Crippen LogP contribution in [0.3, 0.4) is 0 Å². The quantitative estimate of drug-likeness (QED) is 0.535. The lowest BCUT2D eigenvalue weighted by Gasteiger charge is -2.05. The summed E-state index contributed by atoms with van der Waals surface area (Å²) in [6.07, 6.45) is 0. The molecule has 0 aliphatic heterocycles. The van der Waals surface area contributed by atoms with Crippen molar-refractivity contribution >= 4 is 26.8 Å². The predicted molar refractivity (Wildman–Crippen MR) is 85.7 cm³/mol. The van der Waals surface area contributed by atoms with E-state index in [1.54, 1.807) is 18.2 Å². The summed E-state index contributed by atoms with van der Waals surface area (Å²) in [5.41, 5.74) is -0.557. The molecule has 0 amide bonds. The first-order chi connectivity index (χ1) is 11.4. The molecular weight excluding hydrogens is 332 g/mol. The fourth-order valence-electron chi connectivity index (χ4n) is 2.26. The molecule has 1 heterocycles. The summed E-state index contributed by atoms with van der Waals surface area (Å²) in [7, 11) is -2.78. The van der Waals surface area contributed by atoms with E-state index in [0.29, 0.717) is 5.39 Å². The zero-order valence-electron chi connectivity index (χ0n) is 12.6. The highest BCUT2D eigenvalue weighted by atomic mass is 32.2. The van der Waals surface area contributed by atoms with Crippen molar-refractivity contribution in [3.8, 4) is 0 Å². The summed E-state index contributed by atoms with van der Waals surface area (Å²) in [4.78, 5) is 23.2. The fourth-order valence-corrected chi connectivity index (χ4v) is 3.58. The van der Waals surface area contributed by atoms with Crippen LogP contribution in [0, 0.1) is 0 Å². The number of fused-ring (bicyclic) bond motifs is 1. The summed E-state index contributed by atoms with van der Waals surface area (Å²) in [5, 5.41) is 0.312. The third-order valence-corrected chi connectivity index (χ3v) is 5.22. The Kier molecular flexibility index (Phi) is 3.94. The standard InChI is InChI=1S/C17H12O6S/c1-22-16(18)11-7-8-14-12(9-11)10-15(17(19)23-14)24(20,21)13-5-3-2-4-6-13/h2-10H,1H3. The maximum Gasteiger partial charge on any atom is 0.355 e. The van der Waals surface area contributed by atoms with Crippen molar-refractivity contribution in [3.63, 3.8) is 0 Å². The minimum atomic E-state index is -4.02. The molecule has 3 aromatic rings. The number of carbonyl (C=O) groups is 1. The highest BCUT2D eigenvalue weighted by Crippen LogP contribution is 2.22. The van der Waals surface area contributed by atoms with Gasteiger partial charge in [0.05, 0.1) is 17.6 Å². The van der Waals surface area contributed by atoms with Gasteiger partial charge in [0.1, 0.15) is 5.58 Å². The number of ether oxygens (including phenoxy) is 1. The van der Waals surface area contributed by atoms with Crippen LogP contribution >= 0.6 is 0 Å². The lowest BCUT2D eigenvalue weighted by molar-refractivity contribution is 0.0601. The zero-order chi connectivity index (χ0) is 17.3. The molecule has 0 spiro atoms. The van der Waals surface area contributed by atoms with Crippen molar-refractivity contribution < 1.29 is 22.4 Å². The third kappa shape index (κ3) is 2.69. The monoisotopic (exact) mass is 344 g/mol. The van der Waals surface area contributed by atoms with Crippen LogP contribution < -0.4 is 5.63 Å². The van der Waals surface area contributed by atoms with Crippen LogP contribution in [0.4, 0.5) is 0 Å². The second-order valence-corrected chi connectivity index (χ2v) is 6.88. The molecular formula is C17H12O6S. The van der Waals surface area contributed by atoms with Crippen LogP contribution in [-0.2, 0) is 14.6 Å². The van der Waals surface area contributed by atoms with Crippen LogP contribution in [0.1, 0.15) is 10.4 Å². The van der Waals surface area contributed by atoms with E-state index in [1.807, 2.05) is 0 Å². The van der Waals surface area contributed by atoms with Crippen molar-refractivity contribution in [2.45, 2.75) is 9.79 Å².